The molecule has 0 aromatic heterocycles. The fourth-order valence-electron chi connectivity index (χ4n) is 7.82. The highest BCUT2D eigenvalue weighted by atomic mass is 15.1. The minimum atomic E-state index is -0.0314. The lowest BCUT2D eigenvalue weighted by atomic mass is 9.78. The van der Waals surface area contributed by atoms with Gasteiger partial charge in [0.05, 0.1) is 5.69 Å². The van der Waals surface area contributed by atoms with Gasteiger partial charge in [-0.3, -0.25) is 0 Å². The van der Waals surface area contributed by atoms with Crippen LogP contribution in [0.2, 0.25) is 0 Å². The van der Waals surface area contributed by atoms with Gasteiger partial charge in [0, 0.05) is 16.9 Å². The molecule has 1 heteroatoms. The fourth-order valence-corrected chi connectivity index (χ4v) is 7.82. The van der Waals surface area contributed by atoms with Crippen molar-refractivity contribution in [1.29, 1.82) is 0 Å². The Balaban J connectivity index is 1.52. The molecule has 0 heterocycles. The third kappa shape index (κ3) is 8.36. The van der Waals surface area contributed by atoms with Crippen molar-refractivity contribution in [1.82, 2.24) is 0 Å². The summed E-state index contributed by atoms with van der Waals surface area (Å²) in [5.41, 5.74) is 16.2. The first-order chi connectivity index (χ1) is 26.8. The molecule has 0 saturated heterocycles. The molecule has 0 bridgehead atoms. The summed E-state index contributed by atoms with van der Waals surface area (Å²) in [4.78, 5) is 2.49. The van der Waals surface area contributed by atoms with Crippen molar-refractivity contribution >= 4 is 27.8 Å². The molecule has 0 radical (unpaired) electrons. The SMILES string of the molecule is CC(C)(C)c1cc(-c2cccc3cccc(-c4ccccc4N(c4ccc(-c5ccccc5)cc4)c4cc(C(C)(C)C)cc(C(C)(C)C)c4)c23)cc(C(C)(C)C)c1. The number of nitrogens with zero attached hydrogens (tertiary/aromatic N) is 1. The smallest absolute Gasteiger partial charge is 0.0540 e. The summed E-state index contributed by atoms with van der Waals surface area (Å²) in [6.45, 7) is 27.9. The van der Waals surface area contributed by atoms with Crippen LogP contribution in [0.15, 0.2) is 152 Å². The summed E-state index contributed by atoms with van der Waals surface area (Å²) in [5.74, 6) is 0. The molecule has 7 rings (SSSR count). The van der Waals surface area contributed by atoms with Crippen molar-refractivity contribution in [2.24, 2.45) is 0 Å². The fraction of sp³-hybridized carbons (Fsp3) is 0.286. The van der Waals surface area contributed by atoms with Crippen LogP contribution in [0.5, 0.6) is 0 Å². The van der Waals surface area contributed by atoms with E-state index in [1.165, 1.54) is 72.1 Å². The van der Waals surface area contributed by atoms with E-state index in [1.807, 2.05) is 0 Å². The molecule has 7 aromatic rings. The second kappa shape index (κ2) is 14.8. The molecule has 0 fully saturated rings. The average Bonchev–Trinajstić information content (AvgIpc) is 3.17. The van der Waals surface area contributed by atoms with Crippen molar-refractivity contribution in [2.45, 2.75) is 105 Å². The van der Waals surface area contributed by atoms with Gasteiger partial charge in [-0.25, -0.2) is 0 Å². The summed E-state index contributed by atoms with van der Waals surface area (Å²) >= 11 is 0. The summed E-state index contributed by atoms with van der Waals surface area (Å²) in [7, 11) is 0. The third-order valence-corrected chi connectivity index (χ3v) is 11.5. The van der Waals surface area contributed by atoms with Crippen molar-refractivity contribution in [2.75, 3.05) is 4.90 Å². The van der Waals surface area contributed by atoms with Gasteiger partial charge < -0.3 is 4.90 Å². The van der Waals surface area contributed by atoms with Gasteiger partial charge in [0.15, 0.2) is 0 Å². The quantitative estimate of drug-likeness (QED) is 0.164. The molecule has 57 heavy (non-hydrogen) atoms. The van der Waals surface area contributed by atoms with Gasteiger partial charge in [-0.05, 0) is 113 Å². The number of rotatable bonds is 6. The lowest BCUT2D eigenvalue weighted by molar-refractivity contribution is 0.568. The standard InChI is InChI=1S/C56H61N/c1-53(2,3)42-32-41(33-43(34-42)54(4,5)6)48-25-18-22-40-23-19-26-50(52(40)48)49-24-16-17-27-51(49)57(46-30-28-39(29-31-46)38-20-14-13-15-21-38)47-36-44(55(7,8)9)35-45(37-47)56(10,11)12/h13-37H,1-12H3. The maximum absolute atomic E-state index is 2.49. The highest BCUT2D eigenvalue weighted by molar-refractivity contribution is 6.09. The van der Waals surface area contributed by atoms with E-state index in [9.17, 15) is 0 Å². The van der Waals surface area contributed by atoms with Gasteiger partial charge in [0.1, 0.15) is 0 Å². The molecule has 0 amide bonds. The van der Waals surface area contributed by atoms with E-state index in [-0.39, 0.29) is 21.7 Å². The molecule has 0 unspecified atom stereocenters. The number of para-hydroxylation sites is 1. The number of hydrogen-bond donors (Lipinski definition) is 0. The number of anilines is 3. The molecule has 0 aliphatic rings. The van der Waals surface area contributed by atoms with E-state index in [1.54, 1.807) is 0 Å². The van der Waals surface area contributed by atoms with Crippen LogP contribution in [-0.4, -0.2) is 0 Å². The summed E-state index contributed by atoms with van der Waals surface area (Å²) in [5, 5.41) is 2.51. The van der Waals surface area contributed by atoms with Crippen LogP contribution in [0.4, 0.5) is 17.1 Å². The topological polar surface area (TPSA) is 3.24 Å². The monoisotopic (exact) mass is 747 g/mol. The van der Waals surface area contributed by atoms with Crippen LogP contribution in [0, 0.1) is 0 Å². The highest BCUT2D eigenvalue weighted by Crippen LogP contribution is 2.47. The van der Waals surface area contributed by atoms with Crippen molar-refractivity contribution < 1.29 is 0 Å². The van der Waals surface area contributed by atoms with Gasteiger partial charge in [0.2, 0.25) is 0 Å². The Morgan fingerprint density at radius 3 is 1.28 bits per heavy atom. The van der Waals surface area contributed by atoms with Crippen LogP contribution >= 0.6 is 0 Å². The Morgan fingerprint density at radius 2 is 0.754 bits per heavy atom. The van der Waals surface area contributed by atoms with E-state index < -0.39 is 0 Å². The molecule has 0 spiro atoms. The molecule has 0 aliphatic carbocycles. The minimum Gasteiger partial charge on any atom is -0.310 e. The molecule has 1 nitrogen and oxygen atoms in total. The molecule has 0 aliphatic heterocycles. The average molecular weight is 748 g/mol. The molecule has 290 valence electrons. The summed E-state index contributed by atoms with van der Waals surface area (Å²) in [6.07, 6.45) is 0. The maximum atomic E-state index is 2.49. The van der Waals surface area contributed by atoms with Crippen LogP contribution in [0.3, 0.4) is 0 Å². The van der Waals surface area contributed by atoms with Crippen molar-refractivity contribution in [3.05, 3.63) is 174 Å². The zero-order valence-electron chi connectivity index (χ0n) is 36.4. The predicted molar refractivity (Wildman–Crippen MR) is 250 cm³/mol. The maximum Gasteiger partial charge on any atom is 0.0540 e. The van der Waals surface area contributed by atoms with Gasteiger partial charge in [0.25, 0.3) is 0 Å². The van der Waals surface area contributed by atoms with E-state index in [4.69, 9.17) is 0 Å². The molecule has 0 saturated carbocycles. The van der Waals surface area contributed by atoms with Gasteiger partial charge in [-0.15, -0.1) is 0 Å². The molecular formula is C56H61N. The normalized spacial score (nSPS) is 12.6. The molecule has 0 atom stereocenters. The molecule has 0 N–H and O–H groups in total. The van der Waals surface area contributed by atoms with E-state index in [0.717, 1.165) is 11.4 Å². The van der Waals surface area contributed by atoms with Gasteiger partial charge >= 0.3 is 0 Å². The summed E-state index contributed by atoms with van der Waals surface area (Å²) in [6, 6.07) is 57.0. The number of fused-ring (bicyclic) bond motifs is 1. The Bertz CT molecular complexity index is 2450. The van der Waals surface area contributed by atoms with Gasteiger partial charge in [-0.2, -0.15) is 0 Å². The highest BCUT2D eigenvalue weighted by Gasteiger charge is 2.26. The third-order valence-electron chi connectivity index (χ3n) is 11.5. The van der Waals surface area contributed by atoms with E-state index >= 15 is 0 Å². The van der Waals surface area contributed by atoms with Crippen LogP contribution in [0.1, 0.15) is 105 Å². The second-order valence-electron chi connectivity index (χ2n) is 20.0. The zero-order valence-corrected chi connectivity index (χ0v) is 36.4. The number of hydrogen-bond acceptors (Lipinski definition) is 1. The van der Waals surface area contributed by atoms with Crippen molar-refractivity contribution in [3.63, 3.8) is 0 Å². The van der Waals surface area contributed by atoms with Crippen LogP contribution in [-0.2, 0) is 21.7 Å². The van der Waals surface area contributed by atoms with E-state index in [0.29, 0.717) is 0 Å². The first-order valence-electron chi connectivity index (χ1n) is 20.7. The first-order valence-corrected chi connectivity index (χ1v) is 20.7. The van der Waals surface area contributed by atoms with Crippen LogP contribution < -0.4 is 4.90 Å². The summed E-state index contributed by atoms with van der Waals surface area (Å²) < 4.78 is 0. The second-order valence-corrected chi connectivity index (χ2v) is 20.0. The lowest BCUT2D eigenvalue weighted by Gasteiger charge is -2.32. The largest absolute Gasteiger partial charge is 0.310 e. The Kier molecular flexibility index (Phi) is 10.4. The Labute approximate surface area is 343 Å². The van der Waals surface area contributed by atoms with Gasteiger partial charge in [-0.1, -0.05) is 204 Å². The first kappa shape index (κ1) is 39.8. The Hall–Kier alpha value is -5.40. The lowest BCUT2D eigenvalue weighted by Crippen LogP contribution is -2.19. The van der Waals surface area contributed by atoms with E-state index in [2.05, 4.69) is 240 Å². The number of benzene rings is 7. The zero-order chi connectivity index (χ0) is 40.9. The predicted octanol–water partition coefficient (Wildman–Crippen LogP) is 16.5. The molecular weight excluding hydrogens is 687 g/mol. The Morgan fingerprint density at radius 1 is 0.316 bits per heavy atom. The van der Waals surface area contributed by atoms with Crippen molar-refractivity contribution in [3.8, 4) is 33.4 Å². The van der Waals surface area contributed by atoms with Crippen LogP contribution in [0.25, 0.3) is 44.2 Å². The minimum absolute atomic E-state index is 0.0140. The molecule has 7 aromatic carbocycles.